The normalized spacial score (nSPS) is 18.2. The summed E-state index contributed by atoms with van der Waals surface area (Å²) in [5, 5.41) is 5.80. The van der Waals surface area contributed by atoms with Crippen LogP contribution in [0.25, 0.3) is 0 Å². The molecule has 146 valence electrons. The van der Waals surface area contributed by atoms with Gasteiger partial charge in [0.2, 0.25) is 17.7 Å². The fraction of sp³-hybridized carbons (Fsp3) is 0.526. The molecule has 1 aromatic rings. The zero-order valence-electron chi connectivity index (χ0n) is 15.7. The van der Waals surface area contributed by atoms with Crippen molar-refractivity contribution in [1.29, 1.82) is 0 Å². The molecule has 2 aliphatic rings. The van der Waals surface area contributed by atoms with Crippen LogP contribution in [-0.4, -0.2) is 79.9 Å². The van der Waals surface area contributed by atoms with Crippen LogP contribution in [-0.2, 0) is 14.4 Å². The van der Waals surface area contributed by atoms with Crippen LogP contribution in [0, 0.1) is 0 Å². The maximum absolute atomic E-state index is 12.4. The van der Waals surface area contributed by atoms with Crippen LogP contribution in [0.4, 0.5) is 11.4 Å². The molecule has 2 aliphatic heterocycles. The highest BCUT2D eigenvalue weighted by atomic mass is 16.2. The van der Waals surface area contributed by atoms with Crippen LogP contribution < -0.4 is 15.5 Å². The van der Waals surface area contributed by atoms with Crippen molar-refractivity contribution in [2.75, 3.05) is 62.6 Å². The molecule has 2 N–H and O–H groups in total. The van der Waals surface area contributed by atoms with Crippen molar-refractivity contribution in [3.63, 3.8) is 0 Å². The summed E-state index contributed by atoms with van der Waals surface area (Å²) < 4.78 is 0. The largest absolute Gasteiger partial charge is 0.359 e. The van der Waals surface area contributed by atoms with Crippen molar-refractivity contribution in [3.05, 3.63) is 24.3 Å². The molecule has 0 spiro atoms. The highest BCUT2D eigenvalue weighted by molar-refractivity contribution is 5.95. The molecule has 2 fully saturated rings. The van der Waals surface area contributed by atoms with E-state index in [4.69, 9.17) is 0 Å². The third kappa shape index (κ3) is 5.19. The second-order valence-corrected chi connectivity index (χ2v) is 6.93. The average Bonchev–Trinajstić information content (AvgIpc) is 2.67. The average molecular weight is 373 g/mol. The Balaban J connectivity index is 1.51. The molecule has 3 rings (SSSR count). The molecule has 0 aliphatic carbocycles. The summed E-state index contributed by atoms with van der Waals surface area (Å²) >= 11 is 0. The monoisotopic (exact) mass is 373 g/mol. The van der Waals surface area contributed by atoms with Gasteiger partial charge in [-0.2, -0.15) is 0 Å². The Morgan fingerprint density at radius 2 is 1.85 bits per heavy atom. The summed E-state index contributed by atoms with van der Waals surface area (Å²) in [6.07, 6.45) is 0.398. The van der Waals surface area contributed by atoms with E-state index in [-0.39, 0.29) is 17.7 Å². The molecule has 3 amide bonds. The lowest BCUT2D eigenvalue weighted by atomic mass is 10.2. The maximum atomic E-state index is 12.4. The Bertz CT molecular complexity index is 700. The molecule has 27 heavy (non-hydrogen) atoms. The first-order valence-corrected chi connectivity index (χ1v) is 9.41. The molecule has 0 bridgehead atoms. The SMILES string of the molecule is CC(=O)N1CCN(CCC(=O)Nc2ccccc2N2CCNC(=O)C2)CC1. The lowest BCUT2D eigenvalue weighted by molar-refractivity contribution is -0.130. The van der Waals surface area contributed by atoms with Crippen molar-refractivity contribution in [3.8, 4) is 0 Å². The second kappa shape index (κ2) is 8.85. The lowest BCUT2D eigenvalue weighted by Crippen LogP contribution is -2.48. The number of benzene rings is 1. The van der Waals surface area contributed by atoms with Crippen LogP contribution in [0.15, 0.2) is 24.3 Å². The predicted molar refractivity (Wildman–Crippen MR) is 104 cm³/mol. The fourth-order valence-electron chi connectivity index (χ4n) is 3.46. The first-order chi connectivity index (χ1) is 13.0. The number of amides is 3. The fourth-order valence-corrected chi connectivity index (χ4v) is 3.46. The van der Waals surface area contributed by atoms with Crippen molar-refractivity contribution in [2.24, 2.45) is 0 Å². The van der Waals surface area contributed by atoms with Gasteiger partial charge in [-0.25, -0.2) is 0 Å². The molecule has 8 heteroatoms. The number of hydrogen-bond donors (Lipinski definition) is 2. The Kier molecular flexibility index (Phi) is 6.28. The van der Waals surface area contributed by atoms with E-state index in [1.807, 2.05) is 34.1 Å². The Morgan fingerprint density at radius 1 is 1.11 bits per heavy atom. The predicted octanol–water partition coefficient (Wildman–Crippen LogP) is 0.116. The Morgan fingerprint density at radius 3 is 2.56 bits per heavy atom. The number of carbonyl (C=O) groups is 3. The van der Waals surface area contributed by atoms with Gasteiger partial charge in [0.1, 0.15) is 0 Å². The lowest BCUT2D eigenvalue weighted by Gasteiger charge is -2.34. The van der Waals surface area contributed by atoms with Crippen molar-refractivity contribution in [1.82, 2.24) is 15.1 Å². The maximum Gasteiger partial charge on any atom is 0.239 e. The highest BCUT2D eigenvalue weighted by Crippen LogP contribution is 2.26. The summed E-state index contributed by atoms with van der Waals surface area (Å²) in [4.78, 5) is 41.5. The second-order valence-electron chi connectivity index (χ2n) is 6.93. The summed E-state index contributed by atoms with van der Waals surface area (Å²) in [5.41, 5.74) is 1.61. The molecular weight excluding hydrogens is 346 g/mol. The molecular formula is C19H27N5O3. The number of piperazine rings is 2. The molecule has 0 aromatic heterocycles. The third-order valence-corrected chi connectivity index (χ3v) is 5.03. The Hall–Kier alpha value is -2.61. The number of hydrogen-bond acceptors (Lipinski definition) is 5. The zero-order valence-corrected chi connectivity index (χ0v) is 15.7. The van der Waals surface area contributed by atoms with Crippen molar-refractivity contribution < 1.29 is 14.4 Å². The standard InChI is InChI=1S/C19H27N5O3/c1-15(25)23-12-10-22(11-13-23)8-6-18(26)21-16-4-2-3-5-17(16)24-9-7-20-19(27)14-24/h2-5H,6-14H2,1H3,(H,20,27)(H,21,26). The quantitative estimate of drug-likeness (QED) is 0.766. The number of anilines is 2. The molecule has 0 saturated carbocycles. The van der Waals surface area contributed by atoms with E-state index in [9.17, 15) is 14.4 Å². The van der Waals surface area contributed by atoms with Gasteiger partial charge < -0.3 is 20.4 Å². The van der Waals surface area contributed by atoms with E-state index in [1.54, 1.807) is 6.92 Å². The molecule has 1 aromatic carbocycles. The van der Waals surface area contributed by atoms with Crippen LogP contribution in [0.2, 0.25) is 0 Å². The van der Waals surface area contributed by atoms with E-state index in [0.717, 1.165) is 44.1 Å². The van der Waals surface area contributed by atoms with Gasteiger partial charge in [-0.05, 0) is 12.1 Å². The van der Waals surface area contributed by atoms with Gasteiger partial charge in [0.05, 0.1) is 17.9 Å². The number of nitrogens with zero attached hydrogens (tertiary/aromatic N) is 3. The number of carbonyl (C=O) groups excluding carboxylic acids is 3. The van der Waals surface area contributed by atoms with Crippen LogP contribution >= 0.6 is 0 Å². The van der Waals surface area contributed by atoms with Gasteiger partial charge in [0, 0.05) is 59.2 Å². The first-order valence-electron chi connectivity index (χ1n) is 9.41. The molecule has 2 heterocycles. The summed E-state index contributed by atoms with van der Waals surface area (Å²) in [6, 6.07) is 7.58. The van der Waals surface area contributed by atoms with Crippen LogP contribution in [0.1, 0.15) is 13.3 Å². The van der Waals surface area contributed by atoms with Gasteiger partial charge in [-0.15, -0.1) is 0 Å². The Labute approximate surface area is 159 Å². The molecule has 0 atom stereocenters. The minimum absolute atomic E-state index is 0.00733. The molecule has 2 saturated heterocycles. The summed E-state index contributed by atoms with van der Waals surface area (Å²) in [5.74, 6) is 0.0559. The summed E-state index contributed by atoms with van der Waals surface area (Å²) in [6.45, 7) is 6.92. The van der Waals surface area contributed by atoms with Gasteiger partial charge in [0.25, 0.3) is 0 Å². The smallest absolute Gasteiger partial charge is 0.239 e. The molecule has 0 radical (unpaired) electrons. The van der Waals surface area contributed by atoms with E-state index in [0.29, 0.717) is 26.1 Å². The molecule has 8 nitrogen and oxygen atoms in total. The molecule has 0 unspecified atom stereocenters. The van der Waals surface area contributed by atoms with Crippen LogP contribution in [0.5, 0.6) is 0 Å². The van der Waals surface area contributed by atoms with Gasteiger partial charge in [0.15, 0.2) is 0 Å². The van der Waals surface area contributed by atoms with E-state index >= 15 is 0 Å². The summed E-state index contributed by atoms with van der Waals surface area (Å²) in [7, 11) is 0. The van der Waals surface area contributed by atoms with Gasteiger partial charge in [-0.1, -0.05) is 12.1 Å². The van der Waals surface area contributed by atoms with Crippen molar-refractivity contribution >= 4 is 29.1 Å². The van der Waals surface area contributed by atoms with Crippen molar-refractivity contribution in [2.45, 2.75) is 13.3 Å². The van der Waals surface area contributed by atoms with Crippen LogP contribution in [0.3, 0.4) is 0 Å². The van der Waals surface area contributed by atoms with E-state index in [2.05, 4.69) is 15.5 Å². The topological polar surface area (TPSA) is 85.0 Å². The van der Waals surface area contributed by atoms with Gasteiger partial charge >= 0.3 is 0 Å². The third-order valence-electron chi connectivity index (χ3n) is 5.03. The number of rotatable bonds is 5. The zero-order chi connectivity index (χ0) is 19.2. The van der Waals surface area contributed by atoms with E-state index < -0.39 is 0 Å². The first kappa shape index (κ1) is 19.2. The number of nitrogens with one attached hydrogen (secondary N) is 2. The highest BCUT2D eigenvalue weighted by Gasteiger charge is 2.21. The number of para-hydroxylation sites is 2. The minimum atomic E-state index is -0.0436. The minimum Gasteiger partial charge on any atom is -0.359 e. The van der Waals surface area contributed by atoms with Gasteiger partial charge in [-0.3, -0.25) is 19.3 Å². The van der Waals surface area contributed by atoms with E-state index in [1.165, 1.54) is 0 Å².